The van der Waals surface area contributed by atoms with Crippen LogP contribution in [0.1, 0.15) is 36.8 Å². The number of carbonyl (C=O) groups is 1. The number of methoxy groups -OCH3 is 1. The summed E-state index contributed by atoms with van der Waals surface area (Å²) in [5, 5.41) is 7.11. The Kier molecular flexibility index (Phi) is 8.37. The summed E-state index contributed by atoms with van der Waals surface area (Å²) in [6, 6.07) is 31.6. The molecular weight excluding hydrogens is 590 g/mol. The Morgan fingerprint density at radius 1 is 0.936 bits per heavy atom. The summed E-state index contributed by atoms with van der Waals surface area (Å²) in [6.45, 7) is 1.93. The van der Waals surface area contributed by atoms with Crippen molar-refractivity contribution in [1.29, 1.82) is 0 Å². The highest BCUT2D eigenvalue weighted by atomic mass is 16.6. The molecule has 0 radical (unpaired) electrons. The number of rotatable bonds is 4. The molecule has 1 spiro atoms. The lowest BCUT2D eigenvalue weighted by molar-refractivity contribution is 0.00439. The Balaban J connectivity index is 0.000000226. The van der Waals surface area contributed by atoms with Gasteiger partial charge in [0, 0.05) is 34.7 Å². The predicted octanol–water partition coefficient (Wildman–Crippen LogP) is 8.29. The molecule has 238 valence electrons. The highest BCUT2D eigenvalue weighted by Crippen LogP contribution is 2.57. The van der Waals surface area contributed by atoms with Gasteiger partial charge >= 0.3 is 6.09 Å². The molecular formula is C39H37N3O5. The van der Waals surface area contributed by atoms with Crippen LogP contribution in [0.25, 0.3) is 21.5 Å². The average molecular weight is 628 g/mol. The highest BCUT2D eigenvalue weighted by molar-refractivity contribution is 6.00. The number of nitrogens with zero attached hydrogens (tertiary/aromatic N) is 2. The summed E-state index contributed by atoms with van der Waals surface area (Å²) in [4.78, 5) is 29.0. The molecule has 0 bridgehead atoms. The van der Waals surface area contributed by atoms with Crippen LogP contribution in [0, 0.1) is 0 Å². The molecule has 3 unspecified atom stereocenters. The Hall–Kier alpha value is -5.17. The van der Waals surface area contributed by atoms with Gasteiger partial charge in [0.15, 0.2) is 11.5 Å². The normalized spacial score (nSPS) is 21.1. The average Bonchev–Trinajstić information content (AvgIpc) is 3.35. The Morgan fingerprint density at radius 2 is 1.66 bits per heavy atom. The van der Waals surface area contributed by atoms with Crippen molar-refractivity contribution in [3.63, 3.8) is 0 Å². The molecule has 8 nitrogen and oxygen atoms in total. The minimum atomic E-state index is -0.410. The Bertz CT molecular complexity index is 1990. The molecule has 47 heavy (non-hydrogen) atoms. The zero-order valence-corrected chi connectivity index (χ0v) is 26.6. The minimum Gasteiger partial charge on any atom is -0.493 e. The Morgan fingerprint density at radius 3 is 2.45 bits per heavy atom. The predicted molar refractivity (Wildman–Crippen MR) is 183 cm³/mol. The number of amides is 1. The molecule has 8 heteroatoms. The van der Waals surface area contributed by atoms with E-state index in [-0.39, 0.29) is 17.6 Å². The second-order valence-electron chi connectivity index (χ2n) is 12.5. The molecule has 1 N–H and O–H groups in total. The number of hydrogen-bond acceptors (Lipinski definition) is 7. The first-order chi connectivity index (χ1) is 23.0. The maximum atomic E-state index is 12.8. The van der Waals surface area contributed by atoms with Gasteiger partial charge in [0.2, 0.25) is 6.08 Å². The molecule has 1 aliphatic carbocycles. The lowest BCUT2D eigenvalue weighted by Crippen LogP contribution is -2.47. The molecule has 8 rings (SSSR count). The van der Waals surface area contributed by atoms with Gasteiger partial charge in [-0.1, -0.05) is 78.9 Å². The smallest absolute Gasteiger partial charge is 0.411 e. The zero-order valence-electron chi connectivity index (χ0n) is 26.6. The van der Waals surface area contributed by atoms with Gasteiger partial charge < -0.3 is 19.1 Å². The monoisotopic (exact) mass is 627 g/mol. The van der Waals surface area contributed by atoms with Gasteiger partial charge in [-0.15, -0.1) is 0 Å². The Labute approximate surface area is 274 Å². The molecule has 2 heterocycles. The van der Waals surface area contributed by atoms with Crippen molar-refractivity contribution in [2.24, 2.45) is 4.99 Å². The zero-order chi connectivity index (χ0) is 32.4. The molecule has 3 atom stereocenters. The van der Waals surface area contributed by atoms with Gasteiger partial charge in [0.1, 0.15) is 12.2 Å². The van der Waals surface area contributed by atoms with Crippen LogP contribution in [-0.2, 0) is 21.5 Å². The van der Waals surface area contributed by atoms with E-state index < -0.39 is 6.09 Å². The van der Waals surface area contributed by atoms with Crippen LogP contribution in [-0.4, -0.2) is 50.0 Å². The van der Waals surface area contributed by atoms with E-state index in [0.29, 0.717) is 12.1 Å². The highest BCUT2D eigenvalue weighted by Gasteiger charge is 2.55. The topological polar surface area (TPSA) is 89.5 Å². The van der Waals surface area contributed by atoms with Gasteiger partial charge in [-0.25, -0.2) is 9.59 Å². The maximum Gasteiger partial charge on any atom is 0.411 e. The molecule has 5 aromatic rings. The van der Waals surface area contributed by atoms with Crippen molar-refractivity contribution in [1.82, 2.24) is 4.90 Å². The number of fused-ring (bicyclic) bond motifs is 2. The van der Waals surface area contributed by atoms with Crippen molar-refractivity contribution in [2.75, 3.05) is 26.0 Å². The van der Waals surface area contributed by atoms with E-state index >= 15 is 0 Å². The van der Waals surface area contributed by atoms with E-state index in [1.807, 2.05) is 84.9 Å². The van der Waals surface area contributed by atoms with Crippen LogP contribution >= 0.6 is 0 Å². The van der Waals surface area contributed by atoms with E-state index in [1.54, 1.807) is 19.3 Å². The minimum absolute atomic E-state index is 0.0202. The summed E-state index contributed by atoms with van der Waals surface area (Å²) >= 11 is 0. The maximum absolute atomic E-state index is 12.8. The molecule has 1 amide bonds. The van der Waals surface area contributed by atoms with Crippen LogP contribution in [0.2, 0.25) is 0 Å². The largest absolute Gasteiger partial charge is 0.493 e. The van der Waals surface area contributed by atoms with Crippen molar-refractivity contribution in [3.05, 3.63) is 108 Å². The molecule has 0 aromatic heterocycles. The molecule has 3 aliphatic rings. The third-order valence-electron chi connectivity index (χ3n) is 9.80. The fraction of sp³-hybridized carbons (Fsp3) is 0.282. The molecule has 5 aromatic carbocycles. The second kappa shape index (κ2) is 12.9. The number of benzene rings is 5. The van der Waals surface area contributed by atoms with E-state index in [1.165, 1.54) is 11.1 Å². The van der Waals surface area contributed by atoms with Crippen LogP contribution in [0.5, 0.6) is 11.5 Å². The number of isocyanates is 1. The number of carbonyl (C=O) groups excluding carboxylic acids is 2. The van der Waals surface area contributed by atoms with Crippen LogP contribution < -0.4 is 14.8 Å². The lowest BCUT2D eigenvalue weighted by Gasteiger charge is -2.41. The quantitative estimate of drug-likeness (QED) is 0.159. The van der Waals surface area contributed by atoms with Crippen LogP contribution in [0.3, 0.4) is 0 Å². The molecule has 1 saturated carbocycles. The summed E-state index contributed by atoms with van der Waals surface area (Å²) in [7, 11) is 3.87. The van der Waals surface area contributed by atoms with Gasteiger partial charge in [-0.2, -0.15) is 4.99 Å². The van der Waals surface area contributed by atoms with Crippen LogP contribution in [0.4, 0.5) is 16.2 Å². The summed E-state index contributed by atoms with van der Waals surface area (Å²) in [6.07, 6.45) is 4.42. The van der Waals surface area contributed by atoms with Crippen molar-refractivity contribution in [2.45, 2.75) is 49.9 Å². The molecule has 1 fully saturated rings. The SMILES string of the molecule is COc1ccc2c3c1OC1CC(OC(=O)Nc4cccc5ccccc45)CCC31CCN(C)C2.O=C=Nc1cccc2ccccc12. The van der Waals surface area contributed by atoms with E-state index in [4.69, 9.17) is 14.2 Å². The first-order valence-corrected chi connectivity index (χ1v) is 16.1. The summed E-state index contributed by atoms with van der Waals surface area (Å²) in [5.74, 6) is 1.68. The third-order valence-corrected chi connectivity index (χ3v) is 9.80. The number of anilines is 1. The standard InChI is InChI=1S/C28H30N2O4.C11H7NO/c1-30-15-14-28-13-12-20(16-24(28)34-26-23(32-2)11-10-19(17-30)25(26)28)33-27(31)29-22-9-5-7-18-6-3-4-8-21(18)22;13-8-12-11-7-3-5-9-4-1-2-6-10(9)11/h3-11,20,24H,12-17H2,1-2H3,(H,29,31);1-7H. The number of ether oxygens (including phenoxy) is 3. The van der Waals surface area contributed by atoms with Gasteiger partial charge in [0.05, 0.1) is 18.5 Å². The van der Waals surface area contributed by atoms with E-state index in [9.17, 15) is 9.59 Å². The van der Waals surface area contributed by atoms with Gasteiger partial charge in [0.25, 0.3) is 0 Å². The van der Waals surface area contributed by atoms with Crippen molar-refractivity contribution < 1.29 is 23.8 Å². The van der Waals surface area contributed by atoms with Crippen LogP contribution in [0.15, 0.2) is 102 Å². The molecule has 2 aliphatic heterocycles. The summed E-state index contributed by atoms with van der Waals surface area (Å²) in [5.41, 5.74) is 4.04. The van der Waals surface area contributed by atoms with Gasteiger partial charge in [-0.05, 0) is 67.4 Å². The summed E-state index contributed by atoms with van der Waals surface area (Å²) < 4.78 is 18.2. The number of hydrogen-bond donors (Lipinski definition) is 1. The lowest BCUT2D eigenvalue weighted by atomic mass is 9.65. The van der Waals surface area contributed by atoms with Crippen molar-refractivity contribution in [3.8, 4) is 11.5 Å². The number of nitrogens with one attached hydrogen (secondary N) is 1. The first-order valence-electron chi connectivity index (χ1n) is 16.1. The van der Waals surface area contributed by atoms with E-state index in [2.05, 4.69) is 28.3 Å². The fourth-order valence-electron chi connectivity index (χ4n) is 7.57. The molecule has 0 saturated heterocycles. The third kappa shape index (κ3) is 5.82. The first kappa shape index (κ1) is 30.5. The van der Waals surface area contributed by atoms with Gasteiger partial charge in [-0.3, -0.25) is 5.32 Å². The fourth-order valence-corrected chi connectivity index (χ4v) is 7.57. The number of aliphatic imine (C=N–C) groups is 1. The van der Waals surface area contributed by atoms with Crippen molar-refractivity contribution >= 4 is 45.1 Å². The second-order valence-corrected chi connectivity index (χ2v) is 12.5. The van der Waals surface area contributed by atoms with E-state index in [0.717, 1.165) is 71.1 Å².